The van der Waals surface area contributed by atoms with Gasteiger partial charge in [0.05, 0.1) is 15.8 Å². The van der Waals surface area contributed by atoms with Gasteiger partial charge in [-0.05, 0) is 57.0 Å². The lowest BCUT2D eigenvalue weighted by molar-refractivity contribution is 0.528. The lowest BCUT2D eigenvalue weighted by atomic mass is 10.1. The third-order valence-corrected chi connectivity index (χ3v) is 8.45. The number of hydrogen-bond acceptors (Lipinski definition) is 5. The van der Waals surface area contributed by atoms with Crippen LogP contribution in [0.4, 0.5) is 9.52 Å². The zero-order chi connectivity index (χ0) is 20.6. The van der Waals surface area contributed by atoms with Gasteiger partial charge in [-0.3, -0.25) is 0 Å². The highest BCUT2D eigenvalue weighted by atomic mass is 32.2. The van der Waals surface area contributed by atoms with E-state index in [1.165, 1.54) is 29.3 Å². The van der Waals surface area contributed by atoms with Crippen LogP contribution in [0.2, 0.25) is 0 Å². The maximum atomic E-state index is 13.5. The third kappa shape index (κ3) is 4.21. The minimum atomic E-state index is -3.52. The normalized spacial score (nSPS) is 15.6. The molecule has 2 aromatic carbocycles. The van der Waals surface area contributed by atoms with Gasteiger partial charge < -0.3 is 4.90 Å². The summed E-state index contributed by atoms with van der Waals surface area (Å²) in [5.41, 5.74) is 4.47. The van der Waals surface area contributed by atoms with Gasteiger partial charge >= 0.3 is 0 Å². The Kier molecular flexibility index (Phi) is 5.44. The molecule has 4 rings (SSSR count). The van der Waals surface area contributed by atoms with E-state index in [4.69, 9.17) is 4.98 Å². The van der Waals surface area contributed by atoms with Gasteiger partial charge in [0.25, 0.3) is 0 Å². The molecule has 0 radical (unpaired) electrons. The Hall–Kier alpha value is -2.25. The average molecular weight is 431 g/mol. The van der Waals surface area contributed by atoms with Crippen LogP contribution in [0.1, 0.15) is 24.0 Å². The lowest BCUT2D eigenvalue weighted by Crippen LogP contribution is -2.39. The highest BCUT2D eigenvalue weighted by Crippen LogP contribution is 2.32. The molecular weight excluding hydrogens is 407 g/mol. The average Bonchev–Trinajstić information content (AvgIpc) is 3.18. The topological polar surface area (TPSA) is 50.3 Å². The van der Waals surface area contributed by atoms with Crippen molar-refractivity contribution in [3.63, 3.8) is 0 Å². The van der Waals surface area contributed by atoms with Gasteiger partial charge in [-0.25, -0.2) is 17.8 Å². The molecule has 0 spiro atoms. The Bertz CT molecular complexity index is 1110. The maximum Gasteiger partial charge on any atom is 0.185 e. The highest BCUT2D eigenvalue weighted by Gasteiger charge is 2.32. The predicted octanol–water partition coefficient (Wildman–Crippen LogP) is 5.01. The number of aromatic nitrogens is 1. The van der Waals surface area contributed by atoms with E-state index in [9.17, 15) is 12.8 Å². The summed E-state index contributed by atoms with van der Waals surface area (Å²) < 4.78 is 39.1. The Morgan fingerprint density at radius 3 is 2.41 bits per heavy atom. The largest absolute Gasteiger partial charge is 0.348 e. The lowest BCUT2D eigenvalue weighted by Gasteiger charge is -2.31. The number of nitrogens with zero attached hydrogens (tertiary/aromatic N) is 2. The van der Waals surface area contributed by atoms with Crippen LogP contribution in [0.5, 0.6) is 0 Å². The van der Waals surface area contributed by atoms with E-state index in [0.717, 1.165) is 22.5 Å². The molecule has 7 heteroatoms. The quantitative estimate of drug-likeness (QED) is 0.584. The zero-order valence-corrected chi connectivity index (χ0v) is 18.1. The summed E-state index contributed by atoms with van der Waals surface area (Å²) in [5, 5.41) is 2.49. The van der Waals surface area contributed by atoms with Crippen molar-refractivity contribution in [2.75, 3.05) is 18.0 Å². The monoisotopic (exact) mass is 430 g/mol. The highest BCUT2D eigenvalue weighted by molar-refractivity contribution is 7.92. The van der Waals surface area contributed by atoms with E-state index in [1.54, 1.807) is 11.3 Å². The SMILES string of the molecule is Cc1cc(C)cc(-c2csc(N3CCC(S(=O)(=O)c4cccc(F)c4)CC3)n2)c1. The van der Waals surface area contributed by atoms with Crippen molar-refractivity contribution in [3.05, 3.63) is 64.8 Å². The van der Waals surface area contributed by atoms with Crippen molar-refractivity contribution >= 4 is 26.3 Å². The van der Waals surface area contributed by atoms with Crippen LogP contribution in [-0.2, 0) is 9.84 Å². The van der Waals surface area contributed by atoms with Crippen LogP contribution in [0.25, 0.3) is 11.3 Å². The molecule has 1 aliphatic rings. The van der Waals surface area contributed by atoms with Crippen molar-refractivity contribution in [2.24, 2.45) is 0 Å². The van der Waals surface area contributed by atoms with Crippen LogP contribution < -0.4 is 4.90 Å². The number of thiazole rings is 1. The molecule has 0 atom stereocenters. The fraction of sp³-hybridized carbons (Fsp3) is 0.318. The zero-order valence-electron chi connectivity index (χ0n) is 16.4. The number of hydrogen-bond donors (Lipinski definition) is 0. The van der Waals surface area contributed by atoms with Crippen LogP contribution in [-0.4, -0.2) is 31.7 Å². The van der Waals surface area contributed by atoms with E-state index < -0.39 is 20.9 Å². The van der Waals surface area contributed by atoms with Crippen molar-refractivity contribution in [1.29, 1.82) is 0 Å². The first kappa shape index (κ1) is 20.0. The maximum absolute atomic E-state index is 13.5. The predicted molar refractivity (Wildman–Crippen MR) is 116 cm³/mol. The van der Waals surface area contributed by atoms with Gasteiger partial charge in [-0.2, -0.15) is 0 Å². The summed E-state index contributed by atoms with van der Waals surface area (Å²) in [7, 11) is -3.52. The third-order valence-electron chi connectivity index (χ3n) is 5.29. The van der Waals surface area contributed by atoms with Gasteiger partial charge in [0, 0.05) is 24.0 Å². The van der Waals surface area contributed by atoms with E-state index in [2.05, 4.69) is 42.3 Å². The Morgan fingerprint density at radius 2 is 1.76 bits per heavy atom. The van der Waals surface area contributed by atoms with Gasteiger partial charge in [0.15, 0.2) is 15.0 Å². The number of aryl methyl sites for hydroxylation is 2. The molecule has 0 bridgehead atoms. The second kappa shape index (κ2) is 7.88. The Labute approximate surface area is 175 Å². The number of sulfone groups is 1. The molecule has 29 heavy (non-hydrogen) atoms. The molecule has 0 amide bonds. The van der Waals surface area contributed by atoms with Crippen LogP contribution >= 0.6 is 11.3 Å². The molecule has 0 unspecified atom stereocenters. The van der Waals surface area contributed by atoms with Gasteiger partial charge in [-0.15, -0.1) is 11.3 Å². The standard InChI is InChI=1S/C22H23FN2O2S2/c1-15-10-16(2)12-17(11-15)21-14-28-22(24-21)25-8-6-19(7-9-25)29(26,27)20-5-3-4-18(23)13-20/h3-5,10-14,19H,6-9H2,1-2H3. The first-order valence-corrected chi connectivity index (χ1v) is 12.0. The summed E-state index contributed by atoms with van der Waals surface area (Å²) in [6, 6.07) is 11.7. The first-order chi connectivity index (χ1) is 13.8. The molecule has 2 heterocycles. The smallest absolute Gasteiger partial charge is 0.185 e. The number of halogens is 1. The molecule has 1 saturated heterocycles. The summed E-state index contributed by atoms with van der Waals surface area (Å²) in [6.45, 7) is 5.40. The minimum Gasteiger partial charge on any atom is -0.348 e. The fourth-order valence-corrected chi connectivity index (χ4v) is 6.51. The Morgan fingerprint density at radius 1 is 1.07 bits per heavy atom. The molecule has 0 N–H and O–H groups in total. The van der Waals surface area contributed by atoms with Gasteiger partial charge in [-0.1, -0.05) is 23.3 Å². The summed E-state index contributed by atoms with van der Waals surface area (Å²) >= 11 is 1.59. The van der Waals surface area contributed by atoms with E-state index in [-0.39, 0.29) is 4.90 Å². The molecular formula is C22H23FN2O2S2. The molecule has 152 valence electrons. The summed E-state index contributed by atoms with van der Waals surface area (Å²) in [4.78, 5) is 7.01. The second-order valence-corrected chi connectivity index (χ2v) is 10.6. The van der Waals surface area contributed by atoms with E-state index in [1.807, 2.05) is 0 Å². The van der Waals surface area contributed by atoms with Crippen molar-refractivity contribution < 1.29 is 12.8 Å². The van der Waals surface area contributed by atoms with Crippen LogP contribution in [0, 0.1) is 19.7 Å². The molecule has 0 aliphatic carbocycles. The summed E-state index contributed by atoms with van der Waals surface area (Å²) in [5.74, 6) is -0.523. The van der Waals surface area contributed by atoms with Crippen molar-refractivity contribution in [3.8, 4) is 11.3 Å². The number of rotatable bonds is 4. The van der Waals surface area contributed by atoms with Gasteiger partial charge in [0.2, 0.25) is 0 Å². The molecule has 3 aromatic rings. The molecule has 1 fully saturated rings. The van der Waals surface area contributed by atoms with E-state index >= 15 is 0 Å². The second-order valence-electron chi connectivity index (χ2n) is 7.58. The summed E-state index contributed by atoms with van der Waals surface area (Å²) in [6.07, 6.45) is 1.02. The van der Waals surface area contributed by atoms with Crippen molar-refractivity contribution in [1.82, 2.24) is 4.98 Å². The van der Waals surface area contributed by atoms with Gasteiger partial charge in [0.1, 0.15) is 5.82 Å². The number of anilines is 1. The van der Waals surface area contributed by atoms with Crippen LogP contribution in [0.15, 0.2) is 52.7 Å². The first-order valence-electron chi connectivity index (χ1n) is 9.61. The Balaban J connectivity index is 1.47. The minimum absolute atomic E-state index is 0.0716. The molecule has 1 aromatic heterocycles. The molecule has 4 nitrogen and oxygen atoms in total. The molecule has 0 saturated carbocycles. The number of benzene rings is 2. The fourth-order valence-electron chi connectivity index (χ4n) is 3.86. The van der Waals surface area contributed by atoms with E-state index in [0.29, 0.717) is 25.9 Å². The number of piperidine rings is 1. The molecule has 1 aliphatic heterocycles. The van der Waals surface area contributed by atoms with Crippen molar-refractivity contribution in [2.45, 2.75) is 36.8 Å². The van der Waals surface area contributed by atoms with Crippen LogP contribution in [0.3, 0.4) is 0 Å².